The predicted molar refractivity (Wildman–Crippen MR) is 74.6 cm³/mol. The normalized spacial score (nSPS) is 27.1. The Morgan fingerprint density at radius 1 is 1.62 bits per heavy atom. The molecule has 1 aliphatic heterocycles. The SMILES string of the molecule is C=C(n1ncnc1/N=C(\C)C(F)F)[C@]1(F)CNCC[C@H]1C. The summed E-state index contributed by atoms with van der Waals surface area (Å²) in [5.41, 5.74) is -2.06. The molecule has 1 aliphatic rings. The monoisotopic (exact) mass is 301 g/mol. The molecule has 0 saturated carbocycles. The fraction of sp³-hybridized carbons (Fsp3) is 0.615. The van der Waals surface area contributed by atoms with E-state index < -0.39 is 17.8 Å². The van der Waals surface area contributed by atoms with E-state index in [9.17, 15) is 8.78 Å². The third-order valence-corrected chi connectivity index (χ3v) is 3.77. The summed E-state index contributed by atoms with van der Waals surface area (Å²) < 4.78 is 41.3. The van der Waals surface area contributed by atoms with Gasteiger partial charge < -0.3 is 5.32 Å². The minimum Gasteiger partial charge on any atom is -0.313 e. The van der Waals surface area contributed by atoms with Crippen LogP contribution in [-0.4, -0.2) is 45.7 Å². The van der Waals surface area contributed by atoms with Gasteiger partial charge in [0.15, 0.2) is 5.67 Å². The second-order valence-corrected chi connectivity index (χ2v) is 5.20. The van der Waals surface area contributed by atoms with Gasteiger partial charge in [0.1, 0.15) is 6.33 Å². The van der Waals surface area contributed by atoms with Crippen LogP contribution in [0, 0.1) is 5.92 Å². The summed E-state index contributed by atoms with van der Waals surface area (Å²) in [5, 5.41) is 6.84. The maximum Gasteiger partial charge on any atom is 0.276 e. The second kappa shape index (κ2) is 5.97. The zero-order valence-electron chi connectivity index (χ0n) is 12.0. The quantitative estimate of drug-likeness (QED) is 0.869. The largest absolute Gasteiger partial charge is 0.313 e. The van der Waals surface area contributed by atoms with Gasteiger partial charge in [-0.15, -0.1) is 0 Å². The molecule has 0 bridgehead atoms. The lowest BCUT2D eigenvalue weighted by atomic mass is 9.83. The van der Waals surface area contributed by atoms with Crippen molar-refractivity contribution in [2.45, 2.75) is 32.4 Å². The molecule has 2 heterocycles. The molecule has 2 atom stereocenters. The molecule has 116 valence electrons. The smallest absolute Gasteiger partial charge is 0.276 e. The third-order valence-electron chi connectivity index (χ3n) is 3.77. The Labute approximate surface area is 121 Å². The fourth-order valence-electron chi connectivity index (χ4n) is 2.26. The number of nitrogens with zero attached hydrogens (tertiary/aromatic N) is 4. The van der Waals surface area contributed by atoms with Crippen molar-refractivity contribution in [2.75, 3.05) is 13.1 Å². The predicted octanol–water partition coefficient (Wildman–Crippen LogP) is 2.44. The molecule has 0 spiro atoms. The summed E-state index contributed by atoms with van der Waals surface area (Å²) in [6, 6.07) is 0. The Bertz CT molecular complexity index is 554. The highest BCUT2D eigenvalue weighted by atomic mass is 19.3. The van der Waals surface area contributed by atoms with Gasteiger partial charge in [0.2, 0.25) is 0 Å². The Kier molecular flexibility index (Phi) is 4.46. The highest BCUT2D eigenvalue weighted by molar-refractivity contribution is 5.86. The van der Waals surface area contributed by atoms with Crippen LogP contribution in [0.3, 0.4) is 0 Å². The lowest BCUT2D eigenvalue weighted by Gasteiger charge is -2.37. The lowest BCUT2D eigenvalue weighted by Crippen LogP contribution is -2.49. The number of halogens is 3. The molecule has 2 rings (SSSR count). The molecule has 0 aliphatic carbocycles. The zero-order chi connectivity index (χ0) is 15.6. The third kappa shape index (κ3) is 2.99. The van der Waals surface area contributed by atoms with Crippen molar-refractivity contribution in [3.8, 4) is 0 Å². The van der Waals surface area contributed by atoms with E-state index in [0.29, 0.717) is 6.42 Å². The van der Waals surface area contributed by atoms with Gasteiger partial charge in [-0.2, -0.15) is 14.8 Å². The first-order valence-electron chi connectivity index (χ1n) is 6.69. The van der Waals surface area contributed by atoms with Crippen molar-refractivity contribution in [1.29, 1.82) is 0 Å². The fourth-order valence-corrected chi connectivity index (χ4v) is 2.26. The zero-order valence-corrected chi connectivity index (χ0v) is 12.0. The van der Waals surface area contributed by atoms with Crippen LogP contribution in [0.1, 0.15) is 20.3 Å². The minimum atomic E-state index is -2.70. The first-order valence-corrected chi connectivity index (χ1v) is 6.69. The van der Waals surface area contributed by atoms with E-state index in [-0.39, 0.29) is 24.1 Å². The highest BCUT2D eigenvalue weighted by Gasteiger charge is 2.43. The number of aromatic nitrogens is 3. The molecule has 0 amide bonds. The van der Waals surface area contributed by atoms with Crippen molar-refractivity contribution in [2.24, 2.45) is 10.9 Å². The molecule has 0 aromatic carbocycles. The lowest BCUT2D eigenvalue weighted by molar-refractivity contribution is 0.117. The van der Waals surface area contributed by atoms with Crippen LogP contribution < -0.4 is 5.32 Å². The molecular weight excluding hydrogens is 283 g/mol. The Hall–Kier alpha value is -1.70. The topological polar surface area (TPSA) is 55.1 Å². The molecule has 1 saturated heterocycles. The van der Waals surface area contributed by atoms with E-state index in [4.69, 9.17) is 0 Å². The van der Waals surface area contributed by atoms with Crippen LogP contribution in [0.5, 0.6) is 0 Å². The van der Waals surface area contributed by atoms with Gasteiger partial charge >= 0.3 is 0 Å². The van der Waals surface area contributed by atoms with E-state index in [1.54, 1.807) is 6.92 Å². The highest BCUT2D eigenvalue weighted by Crippen LogP contribution is 2.37. The van der Waals surface area contributed by atoms with E-state index in [0.717, 1.165) is 17.6 Å². The maximum absolute atomic E-state index is 15.2. The molecule has 1 aromatic heterocycles. The molecule has 0 radical (unpaired) electrons. The van der Waals surface area contributed by atoms with E-state index >= 15 is 4.39 Å². The van der Waals surface area contributed by atoms with Crippen molar-refractivity contribution >= 4 is 17.4 Å². The molecule has 21 heavy (non-hydrogen) atoms. The summed E-state index contributed by atoms with van der Waals surface area (Å²) in [6.07, 6.45) is -0.899. The number of piperidine rings is 1. The van der Waals surface area contributed by atoms with Crippen molar-refractivity contribution in [1.82, 2.24) is 20.1 Å². The summed E-state index contributed by atoms with van der Waals surface area (Å²) >= 11 is 0. The molecular formula is C13H18F3N5. The number of rotatable bonds is 4. The number of nitrogens with one attached hydrogen (secondary N) is 1. The van der Waals surface area contributed by atoms with Crippen LogP contribution >= 0.6 is 0 Å². The van der Waals surface area contributed by atoms with Crippen molar-refractivity contribution in [3.63, 3.8) is 0 Å². The first-order chi connectivity index (χ1) is 9.86. The first kappa shape index (κ1) is 15.7. The molecule has 5 nitrogen and oxygen atoms in total. The van der Waals surface area contributed by atoms with Crippen LogP contribution in [0.25, 0.3) is 5.70 Å². The molecule has 1 aromatic rings. The average Bonchev–Trinajstić information content (AvgIpc) is 2.89. The number of aliphatic imine (C=N–C) groups is 1. The Balaban J connectivity index is 2.33. The summed E-state index contributed by atoms with van der Waals surface area (Å²) in [4.78, 5) is 7.49. The second-order valence-electron chi connectivity index (χ2n) is 5.20. The van der Waals surface area contributed by atoms with Gasteiger partial charge in [-0.3, -0.25) is 0 Å². The van der Waals surface area contributed by atoms with Gasteiger partial charge in [0.05, 0.1) is 11.4 Å². The molecule has 1 fully saturated rings. The van der Waals surface area contributed by atoms with Crippen molar-refractivity contribution < 1.29 is 13.2 Å². The molecule has 0 unspecified atom stereocenters. The standard InChI is InChI=1S/C13H18F3N5/c1-8-4-5-17-6-13(8,16)10(3)21-12(18-7-19-21)20-9(2)11(14)15/h7-8,11,17H,3-6H2,1-2H3/b20-9+/t8-,13+/m1/s1. The van der Waals surface area contributed by atoms with Gasteiger partial charge in [-0.05, 0) is 25.8 Å². The molecule has 8 heteroatoms. The van der Waals surface area contributed by atoms with Crippen LogP contribution in [0.2, 0.25) is 0 Å². The molecule has 1 N–H and O–H groups in total. The van der Waals surface area contributed by atoms with Crippen molar-refractivity contribution in [3.05, 3.63) is 12.9 Å². The Morgan fingerprint density at radius 3 is 2.95 bits per heavy atom. The van der Waals surface area contributed by atoms with Gasteiger partial charge in [0, 0.05) is 6.54 Å². The van der Waals surface area contributed by atoms with Crippen LogP contribution in [0.4, 0.5) is 19.1 Å². The number of hydrogen-bond acceptors (Lipinski definition) is 4. The average molecular weight is 301 g/mol. The summed E-state index contributed by atoms with van der Waals surface area (Å²) in [7, 11) is 0. The maximum atomic E-state index is 15.2. The van der Waals surface area contributed by atoms with E-state index in [1.807, 2.05) is 0 Å². The van der Waals surface area contributed by atoms with Gasteiger partial charge in [-0.25, -0.2) is 18.2 Å². The summed E-state index contributed by atoms with van der Waals surface area (Å²) in [5.74, 6) is -0.351. The summed E-state index contributed by atoms with van der Waals surface area (Å²) in [6.45, 7) is 7.55. The van der Waals surface area contributed by atoms with Gasteiger partial charge in [0.25, 0.3) is 12.4 Å². The Morgan fingerprint density at radius 2 is 2.33 bits per heavy atom. The number of hydrogen-bond donors (Lipinski definition) is 1. The van der Waals surface area contributed by atoms with E-state index in [1.165, 1.54) is 6.92 Å². The van der Waals surface area contributed by atoms with Crippen LogP contribution in [-0.2, 0) is 0 Å². The minimum absolute atomic E-state index is 0.0560. The van der Waals surface area contributed by atoms with E-state index in [2.05, 4.69) is 27.0 Å². The van der Waals surface area contributed by atoms with Gasteiger partial charge in [-0.1, -0.05) is 13.5 Å². The number of alkyl halides is 3. The van der Waals surface area contributed by atoms with Crippen LogP contribution in [0.15, 0.2) is 17.9 Å².